The van der Waals surface area contributed by atoms with Crippen LogP contribution in [0, 0.1) is 5.41 Å². The van der Waals surface area contributed by atoms with Crippen LogP contribution in [0.2, 0.25) is 0 Å². The third-order valence-corrected chi connectivity index (χ3v) is 5.26. The summed E-state index contributed by atoms with van der Waals surface area (Å²) in [5.41, 5.74) is 1.41. The molecule has 2 nitrogen and oxygen atoms in total. The van der Waals surface area contributed by atoms with E-state index in [1.807, 2.05) is 6.07 Å². The smallest absolute Gasteiger partial charge is 0.165 e. The maximum Gasteiger partial charge on any atom is 0.165 e. The standard InChI is InChI=1S/C17H24O2S/c1-16(2)10-13-6-5-7-14(15(13)19-16)18-11-17(12-20)8-3-4-9-17/h5-7,20H,3-4,8-12H2,1-2H3. The van der Waals surface area contributed by atoms with E-state index in [4.69, 9.17) is 9.47 Å². The van der Waals surface area contributed by atoms with Crippen LogP contribution < -0.4 is 9.47 Å². The molecule has 1 aliphatic carbocycles. The normalized spacial score (nSPS) is 22.4. The number of fused-ring (bicyclic) bond motifs is 1. The van der Waals surface area contributed by atoms with E-state index in [-0.39, 0.29) is 11.0 Å². The van der Waals surface area contributed by atoms with Gasteiger partial charge >= 0.3 is 0 Å². The van der Waals surface area contributed by atoms with Crippen molar-refractivity contribution in [3.63, 3.8) is 0 Å². The van der Waals surface area contributed by atoms with Crippen LogP contribution in [-0.4, -0.2) is 18.0 Å². The summed E-state index contributed by atoms with van der Waals surface area (Å²) in [6.07, 6.45) is 6.04. The molecule has 2 aliphatic rings. The zero-order valence-electron chi connectivity index (χ0n) is 12.4. The monoisotopic (exact) mass is 292 g/mol. The highest BCUT2D eigenvalue weighted by atomic mass is 32.1. The molecule has 3 heteroatoms. The van der Waals surface area contributed by atoms with E-state index in [1.165, 1.54) is 31.2 Å². The van der Waals surface area contributed by atoms with Crippen LogP contribution >= 0.6 is 12.6 Å². The number of rotatable bonds is 4. The van der Waals surface area contributed by atoms with Crippen LogP contribution in [0.3, 0.4) is 0 Å². The molecule has 1 aromatic carbocycles. The first-order valence-corrected chi connectivity index (χ1v) is 8.22. The summed E-state index contributed by atoms with van der Waals surface area (Å²) in [6, 6.07) is 6.24. The lowest BCUT2D eigenvalue weighted by Gasteiger charge is -2.27. The van der Waals surface area contributed by atoms with Gasteiger partial charge in [-0.1, -0.05) is 25.0 Å². The second kappa shape index (κ2) is 5.18. The molecule has 0 N–H and O–H groups in total. The molecule has 110 valence electrons. The maximum atomic E-state index is 6.15. The molecule has 1 aromatic rings. The number of hydrogen-bond donors (Lipinski definition) is 1. The van der Waals surface area contributed by atoms with E-state index in [0.717, 1.165) is 30.3 Å². The Morgan fingerprint density at radius 3 is 2.70 bits per heavy atom. The topological polar surface area (TPSA) is 18.5 Å². The fourth-order valence-corrected chi connectivity index (χ4v) is 3.81. The minimum Gasteiger partial charge on any atom is -0.489 e. The van der Waals surface area contributed by atoms with Gasteiger partial charge in [0.05, 0.1) is 6.61 Å². The predicted molar refractivity (Wildman–Crippen MR) is 85.1 cm³/mol. The van der Waals surface area contributed by atoms with Crippen LogP contribution in [0.1, 0.15) is 45.1 Å². The van der Waals surface area contributed by atoms with E-state index >= 15 is 0 Å². The van der Waals surface area contributed by atoms with Gasteiger partial charge in [0.2, 0.25) is 0 Å². The third kappa shape index (κ3) is 2.65. The number of hydrogen-bond acceptors (Lipinski definition) is 3. The van der Waals surface area contributed by atoms with E-state index in [9.17, 15) is 0 Å². The fraction of sp³-hybridized carbons (Fsp3) is 0.647. The molecule has 20 heavy (non-hydrogen) atoms. The summed E-state index contributed by atoms with van der Waals surface area (Å²) in [6.45, 7) is 5.02. The number of ether oxygens (including phenoxy) is 2. The van der Waals surface area contributed by atoms with Gasteiger partial charge in [-0.15, -0.1) is 0 Å². The summed E-state index contributed by atoms with van der Waals surface area (Å²) >= 11 is 4.55. The molecular formula is C17H24O2S. The zero-order valence-corrected chi connectivity index (χ0v) is 13.3. The minimum absolute atomic E-state index is 0.115. The highest BCUT2D eigenvalue weighted by Crippen LogP contribution is 2.44. The summed E-state index contributed by atoms with van der Waals surface area (Å²) in [5.74, 6) is 2.76. The molecule has 0 amide bonds. The first-order chi connectivity index (χ1) is 9.54. The van der Waals surface area contributed by atoms with Gasteiger partial charge in [-0.3, -0.25) is 0 Å². The SMILES string of the molecule is CC1(C)Cc2cccc(OCC3(CS)CCCC3)c2O1. The largest absolute Gasteiger partial charge is 0.489 e. The van der Waals surface area contributed by atoms with Crippen molar-refractivity contribution in [1.29, 1.82) is 0 Å². The van der Waals surface area contributed by atoms with Crippen LogP contribution in [0.4, 0.5) is 0 Å². The van der Waals surface area contributed by atoms with Crippen molar-refractivity contribution in [2.24, 2.45) is 5.41 Å². The van der Waals surface area contributed by atoms with Crippen molar-refractivity contribution in [3.05, 3.63) is 23.8 Å². The fourth-order valence-electron chi connectivity index (χ4n) is 3.40. The molecule has 0 spiro atoms. The molecule has 3 rings (SSSR count). The van der Waals surface area contributed by atoms with Crippen molar-refractivity contribution in [1.82, 2.24) is 0 Å². The highest BCUT2D eigenvalue weighted by molar-refractivity contribution is 7.80. The Labute approximate surface area is 127 Å². The maximum absolute atomic E-state index is 6.15. The summed E-state index contributed by atoms with van der Waals surface area (Å²) in [5, 5.41) is 0. The predicted octanol–water partition coefficient (Wildman–Crippen LogP) is 4.27. The molecule has 0 radical (unpaired) electrons. The Balaban J connectivity index is 1.75. The van der Waals surface area contributed by atoms with Crippen LogP contribution in [-0.2, 0) is 6.42 Å². The quantitative estimate of drug-likeness (QED) is 0.836. The van der Waals surface area contributed by atoms with E-state index in [1.54, 1.807) is 0 Å². The summed E-state index contributed by atoms with van der Waals surface area (Å²) in [7, 11) is 0. The molecule has 1 fully saturated rings. The van der Waals surface area contributed by atoms with Crippen molar-refractivity contribution < 1.29 is 9.47 Å². The Kier molecular flexibility index (Phi) is 3.65. The second-order valence-electron chi connectivity index (χ2n) is 6.94. The lowest BCUT2D eigenvalue weighted by molar-refractivity contribution is 0.123. The molecule has 0 bridgehead atoms. The summed E-state index contributed by atoms with van der Waals surface area (Å²) < 4.78 is 12.2. The Morgan fingerprint density at radius 2 is 2.00 bits per heavy atom. The van der Waals surface area contributed by atoms with Gasteiger partial charge in [0.15, 0.2) is 11.5 Å². The first kappa shape index (κ1) is 14.1. The van der Waals surface area contributed by atoms with Gasteiger partial charge in [0.25, 0.3) is 0 Å². The highest BCUT2D eigenvalue weighted by Gasteiger charge is 2.35. The van der Waals surface area contributed by atoms with Crippen molar-refractivity contribution in [2.45, 2.75) is 51.6 Å². The first-order valence-electron chi connectivity index (χ1n) is 7.58. The Morgan fingerprint density at radius 1 is 1.25 bits per heavy atom. The zero-order chi connectivity index (χ0) is 14.2. The molecule has 1 aliphatic heterocycles. The summed E-state index contributed by atoms with van der Waals surface area (Å²) in [4.78, 5) is 0. The average molecular weight is 292 g/mol. The van der Waals surface area contributed by atoms with E-state index in [2.05, 4.69) is 38.6 Å². The van der Waals surface area contributed by atoms with Gasteiger partial charge < -0.3 is 9.47 Å². The number of para-hydroxylation sites is 1. The molecule has 0 saturated heterocycles. The van der Waals surface area contributed by atoms with Crippen LogP contribution in [0.15, 0.2) is 18.2 Å². The molecule has 1 saturated carbocycles. The number of benzene rings is 1. The molecule has 0 unspecified atom stereocenters. The van der Waals surface area contributed by atoms with Gasteiger partial charge in [0.1, 0.15) is 5.60 Å². The van der Waals surface area contributed by atoms with Gasteiger partial charge in [-0.05, 0) is 38.5 Å². The van der Waals surface area contributed by atoms with Gasteiger partial charge in [-0.2, -0.15) is 12.6 Å². The molecule has 1 heterocycles. The third-order valence-electron chi connectivity index (χ3n) is 4.59. The van der Waals surface area contributed by atoms with Crippen molar-refractivity contribution >= 4 is 12.6 Å². The lowest BCUT2D eigenvalue weighted by Crippen LogP contribution is -2.27. The lowest BCUT2D eigenvalue weighted by atomic mass is 9.90. The van der Waals surface area contributed by atoms with Crippen molar-refractivity contribution in [3.8, 4) is 11.5 Å². The minimum atomic E-state index is -0.115. The van der Waals surface area contributed by atoms with Crippen LogP contribution in [0.5, 0.6) is 11.5 Å². The molecule has 0 atom stereocenters. The average Bonchev–Trinajstić information content (AvgIpc) is 2.99. The van der Waals surface area contributed by atoms with E-state index in [0.29, 0.717) is 0 Å². The molecule has 0 aromatic heterocycles. The Bertz CT molecular complexity index is 490. The van der Waals surface area contributed by atoms with E-state index < -0.39 is 0 Å². The number of thiol groups is 1. The van der Waals surface area contributed by atoms with Gasteiger partial charge in [-0.25, -0.2) is 0 Å². The van der Waals surface area contributed by atoms with Gasteiger partial charge in [0, 0.05) is 17.4 Å². The van der Waals surface area contributed by atoms with Crippen molar-refractivity contribution in [2.75, 3.05) is 12.4 Å². The Hall–Kier alpha value is -0.830. The van der Waals surface area contributed by atoms with Crippen LogP contribution in [0.25, 0.3) is 0 Å². The second-order valence-corrected chi connectivity index (χ2v) is 7.25. The molecular weight excluding hydrogens is 268 g/mol.